The molecule has 100 valence electrons. The molecule has 19 heavy (non-hydrogen) atoms. The number of aliphatic carboxylic acids is 1. The van der Waals surface area contributed by atoms with Crippen LogP contribution in [0.1, 0.15) is 24.8 Å². The van der Waals surface area contributed by atoms with Crippen molar-refractivity contribution < 1.29 is 14.6 Å². The summed E-state index contributed by atoms with van der Waals surface area (Å²) in [6.07, 6.45) is 4.92. The number of hydrogen-bond acceptors (Lipinski definition) is 4. The number of para-hydroxylation sites is 1. The van der Waals surface area contributed by atoms with Crippen LogP contribution in [0.25, 0.3) is 0 Å². The van der Waals surface area contributed by atoms with Crippen LogP contribution in [0.15, 0.2) is 30.4 Å². The quantitative estimate of drug-likeness (QED) is 0.830. The Morgan fingerprint density at radius 3 is 3.11 bits per heavy atom. The second-order valence-electron chi connectivity index (χ2n) is 4.95. The first-order valence-corrected chi connectivity index (χ1v) is 6.62. The maximum absolute atomic E-state index is 11.3. The van der Waals surface area contributed by atoms with Crippen molar-refractivity contribution in [1.29, 1.82) is 0 Å². The lowest BCUT2D eigenvalue weighted by Gasteiger charge is -2.38. The number of benzene rings is 1. The van der Waals surface area contributed by atoms with Gasteiger partial charge >= 0.3 is 0 Å². The summed E-state index contributed by atoms with van der Waals surface area (Å²) < 4.78 is 5.58. The molecule has 4 heteroatoms. The smallest absolute Gasteiger partial charge is 0.142 e. The summed E-state index contributed by atoms with van der Waals surface area (Å²) in [5.41, 5.74) is 1.91. The molecule has 1 heterocycles. The molecule has 0 bridgehead atoms. The second kappa shape index (κ2) is 4.61. The molecule has 0 spiro atoms. The fourth-order valence-corrected chi connectivity index (χ4v) is 3.10. The Labute approximate surface area is 112 Å². The number of hydrogen-bond donors (Lipinski definition) is 1. The predicted octanol–water partition coefficient (Wildman–Crippen LogP) is 1.29. The first-order chi connectivity index (χ1) is 9.22. The molecule has 0 aromatic heterocycles. The highest BCUT2D eigenvalue weighted by molar-refractivity contribution is 5.81. The molecule has 3 atom stereocenters. The molecule has 1 aliphatic heterocycles. The summed E-state index contributed by atoms with van der Waals surface area (Å²) in [5.74, 6) is -0.158. The normalized spacial score (nSPS) is 27.3. The molecule has 0 amide bonds. The van der Waals surface area contributed by atoms with E-state index in [0.717, 1.165) is 17.7 Å². The van der Waals surface area contributed by atoms with Gasteiger partial charge in [0.15, 0.2) is 0 Å². The topological polar surface area (TPSA) is 61.4 Å². The number of carbonyl (C=O) groups excluding carboxylic acids is 1. The van der Waals surface area contributed by atoms with Gasteiger partial charge in [0.1, 0.15) is 5.75 Å². The number of rotatable bonds is 3. The van der Waals surface area contributed by atoms with E-state index in [-0.39, 0.29) is 11.8 Å². The van der Waals surface area contributed by atoms with Gasteiger partial charge in [0.25, 0.3) is 0 Å². The Bertz CT molecular complexity index is 538. The molecule has 0 unspecified atom stereocenters. The van der Waals surface area contributed by atoms with Crippen molar-refractivity contribution in [3.63, 3.8) is 0 Å². The van der Waals surface area contributed by atoms with E-state index in [1.165, 1.54) is 0 Å². The largest absolute Gasteiger partial charge is 0.548 e. The van der Waals surface area contributed by atoms with Crippen LogP contribution in [-0.2, 0) is 4.79 Å². The summed E-state index contributed by atoms with van der Waals surface area (Å²) in [6, 6.07) is 5.19. The van der Waals surface area contributed by atoms with E-state index in [0.29, 0.717) is 12.4 Å². The third kappa shape index (κ3) is 1.87. The van der Waals surface area contributed by atoms with Crippen LogP contribution < -0.4 is 15.2 Å². The lowest BCUT2D eigenvalue weighted by Crippen LogP contribution is -2.48. The van der Waals surface area contributed by atoms with Crippen LogP contribution in [0.4, 0.5) is 5.69 Å². The van der Waals surface area contributed by atoms with Crippen molar-refractivity contribution in [3.8, 4) is 5.75 Å². The van der Waals surface area contributed by atoms with Gasteiger partial charge in [-0.2, -0.15) is 0 Å². The van der Waals surface area contributed by atoms with Gasteiger partial charge in [-0.25, -0.2) is 0 Å². The van der Waals surface area contributed by atoms with E-state index in [1.54, 1.807) is 0 Å². The Morgan fingerprint density at radius 2 is 2.37 bits per heavy atom. The van der Waals surface area contributed by atoms with E-state index >= 15 is 0 Å². The molecule has 0 saturated heterocycles. The molecule has 4 nitrogen and oxygen atoms in total. The Hall–Kier alpha value is -1.97. The van der Waals surface area contributed by atoms with Crippen molar-refractivity contribution in [2.75, 3.05) is 11.9 Å². The minimum Gasteiger partial charge on any atom is -0.548 e. The van der Waals surface area contributed by atoms with Gasteiger partial charge in [0, 0.05) is 5.92 Å². The highest BCUT2D eigenvalue weighted by Crippen LogP contribution is 2.47. The first kappa shape index (κ1) is 12.1. The molecule has 3 rings (SSSR count). The zero-order valence-corrected chi connectivity index (χ0v) is 10.8. The van der Waals surface area contributed by atoms with Crippen LogP contribution in [0.5, 0.6) is 5.75 Å². The van der Waals surface area contributed by atoms with Gasteiger partial charge in [-0.1, -0.05) is 24.3 Å². The number of ether oxygens (including phenoxy) is 1. The van der Waals surface area contributed by atoms with Crippen LogP contribution in [0.3, 0.4) is 0 Å². The van der Waals surface area contributed by atoms with E-state index in [9.17, 15) is 9.90 Å². The summed E-state index contributed by atoms with van der Waals surface area (Å²) >= 11 is 0. The van der Waals surface area contributed by atoms with Crippen molar-refractivity contribution in [3.05, 3.63) is 35.9 Å². The molecule has 1 aromatic carbocycles. The average molecular weight is 258 g/mol. The zero-order valence-electron chi connectivity index (χ0n) is 10.8. The molecule has 1 N–H and O–H groups in total. The molecule has 1 aliphatic carbocycles. The Balaban J connectivity index is 2.07. The highest BCUT2D eigenvalue weighted by Gasteiger charge is 2.38. The maximum atomic E-state index is 11.3. The minimum atomic E-state index is -1.05. The monoisotopic (exact) mass is 258 g/mol. The Morgan fingerprint density at radius 1 is 1.53 bits per heavy atom. The van der Waals surface area contributed by atoms with Crippen LogP contribution in [0, 0.1) is 5.92 Å². The number of fused-ring (bicyclic) bond motifs is 3. The molecular weight excluding hydrogens is 242 g/mol. The van der Waals surface area contributed by atoms with Crippen LogP contribution in [-0.4, -0.2) is 18.6 Å². The molecule has 0 radical (unpaired) electrons. The lowest BCUT2D eigenvalue weighted by molar-refractivity contribution is -0.308. The summed E-state index contributed by atoms with van der Waals surface area (Å²) in [4.78, 5) is 11.3. The van der Waals surface area contributed by atoms with Gasteiger partial charge in [0.05, 0.1) is 24.3 Å². The van der Waals surface area contributed by atoms with Gasteiger partial charge in [-0.3, -0.25) is 0 Å². The third-order valence-corrected chi connectivity index (χ3v) is 3.91. The summed E-state index contributed by atoms with van der Waals surface area (Å²) in [6.45, 7) is 2.47. The fraction of sp³-hybridized carbons (Fsp3) is 0.400. The zero-order chi connectivity index (χ0) is 13.4. The van der Waals surface area contributed by atoms with Gasteiger partial charge in [0.2, 0.25) is 0 Å². The lowest BCUT2D eigenvalue weighted by atomic mass is 9.79. The molecular formula is C15H16NO3-. The fourth-order valence-electron chi connectivity index (χ4n) is 3.10. The second-order valence-corrected chi connectivity index (χ2v) is 4.95. The van der Waals surface area contributed by atoms with Crippen molar-refractivity contribution in [2.45, 2.75) is 25.3 Å². The maximum Gasteiger partial charge on any atom is 0.142 e. The van der Waals surface area contributed by atoms with Crippen molar-refractivity contribution in [2.24, 2.45) is 5.92 Å². The van der Waals surface area contributed by atoms with Crippen LogP contribution >= 0.6 is 0 Å². The average Bonchev–Trinajstić information content (AvgIpc) is 2.87. The van der Waals surface area contributed by atoms with Gasteiger partial charge < -0.3 is 20.0 Å². The molecule has 1 aromatic rings. The number of allylic oxidation sites excluding steroid dienone is 2. The van der Waals surface area contributed by atoms with E-state index < -0.39 is 12.0 Å². The molecule has 2 aliphatic rings. The van der Waals surface area contributed by atoms with Crippen LogP contribution in [0.2, 0.25) is 0 Å². The number of nitrogens with one attached hydrogen (secondary N) is 1. The van der Waals surface area contributed by atoms with E-state index in [4.69, 9.17) is 4.74 Å². The summed E-state index contributed by atoms with van der Waals surface area (Å²) in [5, 5.41) is 14.4. The van der Waals surface area contributed by atoms with Crippen molar-refractivity contribution in [1.82, 2.24) is 0 Å². The van der Waals surface area contributed by atoms with E-state index in [1.807, 2.05) is 25.1 Å². The summed E-state index contributed by atoms with van der Waals surface area (Å²) in [7, 11) is 0. The predicted molar refractivity (Wildman–Crippen MR) is 70.0 cm³/mol. The SMILES string of the molecule is CCOc1cccc2c1N[C@H](C(=O)[O-])[C@@H]1CC=C[C@H]21. The Kier molecular flexibility index (Phi) is 2.93. The number of carboxylic acid groups (broad SMARTS) is 1. The number of carbonyl (C=O) groups is 1. The number of carboxylic acids is 1. The standard InChI is InChI=1S/C15H17NO3/c1-2-19-12-8-4-7-10-9-5-3-6-11(9)14(15(17)18)16-13(10)12/h3-5,7-9,11,14,16H,2,6H2,1H3,(H,17,18)/p-1/t9-,11-,14+/m1/s1. The highest BCUT2D eigenvalue weighted by atomic mass is 16.5. The van der Waals surface area contributed by atoms with Crippen molar-refractivity contribution >= 4 is 11.7 Å². The van der Waals surface area contributed by atoms with Gasteiger partial charge in [-0.15, -0.1) is 0 Å². The number of anilines is 1. The third-order valence-electron chi connectivity index (χ3n) is 3.91. The first-order valence-electron chi connectivity index (χ1n) is 6.62. The molecule has 0 saturated carbocycles. The van der Waals surface area contributed by atoms with E-state index in [2.05, 4.69) is 17.5 Å². The minimum absolute atomic E-state index is 0.0365. The van der Waals surface area contributed by atoms with Gasteiger partial charge in [-0.05, 0) is 30.9 Å². The molecule has 0 fully saturated rings.